The van der Waals surface area contributed by atoms with E-state index in [9.17, 15) is 10.1 Å². The summed E-state index contributed by atoms with van der Waals surface area (Å²) in [4.78, 5) is 22.6. The lowest BCUT2D eigenvalue weighted by atomic mass is 10.5. The highest BCUT2D eigenvalue weighted by molar-refractivity contribution is 8.01. The minimum atomic E-state index is -0.510. The third-order valence-corrected chi connectivity index (χ3v) is 3.89. The van der Waals surface area contributed by atoms with E-state index in [1.807, 2.05) is 6.92 Å². The smallest absolute Gasteiger partial charge is 0.320 e. The molecule has 0 amide bonds. The van der Waals surface area contributed by atoms with Crippen molar-refractivity contribution in [3.8, 4) is 0 Å². The van der Waals surface area contributed by atoms with Gasteiger partial charge >= 0.3 is 5.69 Å². The molecular formula is C9H10N6O2S2. The number of nitro groups is 1. The third-order valence-electron chi connectivity index (χ3n) is 2.11. The first-order valence-corrected chi connectivity index (χ1v) is 6.92. The first-order chi connectivity index (χ1) is 9.13. The molecule has 0 saturated heterocycles. The number of anilines is 1. The predicted octanol–water partition coefficient (Wildman–Crippen LogP) is 1.99. The van der Waals surface area contributed by atoms with Crippen molar-refractivity contribution in [3.05, 3.63) is 22.1 Å². The Balaban J connectivity index is 2.33. The first kappa shape index (κ1) is 13.6. The van der Waals surface area contributed by atoms with Crippen LogP contribution in [0.3, 0.4) is 0 Å². The summed E-state index contributed by atoms with van der Waals surface area (Å²) in [5, 5.41) is 13.9. The Hall–Kier alpha value is -1.81. The van der Waals surface area contributed by atoms with Crippen LogP contribution < -0.4 is 5.32 Å². The fourth-order valence-electron chi connectivity index (χ4n) is 1.19. The van der Waals surface area contributed by atoms with Gasteiger partial charge in [0.05, 0.1) is 4.92 Å². The average molecular weight is 298 g/mol. The normalized spacial score (nSPS) is 10.4. The molecule has 10 heteroatoms. The van der Waals surface area contributed by atoms with Gasteiger partial charge in [-0.1, -0.05) is 6.92 Å². The van der Waals surface area contributed by atoms with Gasteiger partial charge in [-0.05, 0) is 23.3 Å². The quantitative estimate of drug-likeness (QED) is 0.507. The van der Waals surface area contributed by atoms with Gasteiger partial charge in [0.25, 0.3) is 0 Å². The summed E-state index contributed by atoms with van der Waals surface area (Å²) in [5.74, 6) is 1.05. The largest absolute Gasteiger partial charge is 0.357 e. The zero-order valence-corrected chi connectivity index (χ0v) is 11.8. The molecule has 2 heterocycles. The molecule has 0 fully saturated rings. The summed E-state index contributed by atoms with van der Waals surface area (Å²) in [6.45, 7) is 1.95. The van der Waals surface area contributed by atoms with E-state index in [1.54, 1.807) is 7.05 Å². The maximum Gasteiger partial charge on any atom is 0.320 e. The molecule has 100 valence electrons. The minimum Gasteiger partial charge on any atom is -0.357 e. The molecule has 0 spiro atoms. The molecule has 0 aliphatic carbocycles. The van der Waals surface area contributed by atoms with Crippen molar-refractivity contribution < 1.29 is 4.92 Å². The van der Waals surface area contributed by atoms with Crippen LogP contribution in [0.4, 0.5) is 11.6 Å². The van der Waals surface area contributed by atoms with E-state index in [4.69, 9.17) is 0 Å². The standard InChI is InChI=1S/C9H10N6O2S2/c1-3-6-12-9(19-14-6)18-7-5(15(16)17)4-11-8(10-2)13-7/h4H,3H2,1-2H3,(H,10,11,13). The summed E-state index contributed by atoms with van der Waals surface area (Å²) in [6.07, 6.45) is 1.91. The number of hydrogen-bond donors (Lipinski definition) is 1. The second-order valence-corrected chi connectivity index (χ2v) is 5.31. The van der Waals surface area contributed by atoms with Crippen LogP contribution in [0.15, 0.2) is 15.6 Å². The Kier molecular flexibility index (Phi) is 4.22. The van der Waals surface area contributed by atoms with Crippen molar-refractivity contribution >= 4 is 34.9 Å². The number of aryl methyl sites for hydroxylation is 1. The molecule has 0 aromatic carbocycles. The van der Waals surface area contributed by atoms with E-state index < -0.39 is 4.92 Å². The second-order valence-electron chi connectivity index (χ2n) is 3.32. The number of rotatable bonds is 5. The molecule has 0 unspecified atom stereocenters. The van der Waals surface area contributed by atoms with Crippen LogP contribution in [0.5, 0.6) is 0 Å². The van der Waals surface area contributed by atoms with E-state index in [2.05, 4.69) is 24.6 Å². The van der Waals surface area contributed by atoms with Crippen LogP contribution in [0.1, 0.15) is 12.7 Å². The summed E-state index contributed by atoms with van der Waals surface area (Å²) in [6, 6.07) is 0. The summed E-state index contributed by atoms with van der Waals surface area (Å²) < 4.78 is 4.75. The lowest BCUT2D eigenvalue weighted by Gasteiger charge is -2.01. The zero-order chi connectivity index (χ0) is 13.8. The van der Waals surface area contributed by atoms with Crippen molar-refractivity contribution in [3.63, 3.8) is 0 Å². The van der Waals surface area contributed by atoms with Crippen molar-refractivity contribution in [2.24, 2.45) is 0 Å². The van der Waals surface area contributed by atoms with E-state index >= 15 is 0 Å². The van der Waals surface area contributed by atoms with Crippen LogP contribution in [0.25, 0.3) is 0 Å². The van der Waals surface area contributed by atoms with Gasteiger partial charge in [0.1, 0.15) is 12.0 Å². The van der Waals surface area contributed by atoms with Crippen molar-refractivity contribution in [2.75, 3.05) is 12.4 Å². The Morgan fingerprint density at radius 2 is 2.32 bits per heavy atom. The molecular weight excluding hydrogens is 288 g/mol. The van der Waals surface area contributed by atoms with E-state index in [0.29, 0.717) is 10.3 Å². The van der Waals surface area contributed by atoms with Crippen LogP contribution >= 0.6 is 23.3 Å². The van der Waals surface area contributed by atoms with Gasteiger partial charge in [0.15, 0.2) is 9.37 Å². The monoisotopic (exact) mass is 298 g/mol. The van der Waals surface area contributed by atoms with Crippen LogP contribution in [-0.2, 0) is 6.42 Å². The second kappa shape index (κ2) is 5.89. The van der Waals surface area contributed by atoms with Crippen LogP contribution in [0.2, 0.25) is 0 Å². The molecule has 2 aromatic rings. The first-order valence-electron chi connectivity index (χ1n) is 5.33. The van der Waals surface area contributed by atoms with Crippen LogP contribution in [0, 0.1) is 10.1 Å². The Bertz CT molecular complexity index is 602. The molecule has 8 nitrogen and oxygen atoms in total. The molecule has 1 N–H and O–H groups in total. The van der Waals surface area contributed by atoms with E-state index in [-0.39, 0.29) is 10.7 Å². The van der Waals surface area contributed by atoms with Gasteiger partial charge in [-0.3, -0.25) is 10.1 Å². The molecule has 0 saturated carbocycles. The number of nitrogens with one attached hydrogen (secondary N) is 1. The van der Waals surface area contributed by atoms with Gasteiger partial charge in [-0.25, -0.2) is 9.97 Å². The maximum absolute atomic E-state index is 10.9. The summed E-state index contributed by atoms with van der Waals surface area (Å²) in [5.41, 5.74) is -0.141. The number of hydrogen-bond acceptors (Lipinski definition) is 9. The highest BCUT2D eigenvalue weighted by Gasteiger charge is 2.19. The van der Waals surface area contributed by atoms with E-state index in [0.717, 1.165) is 24.0 Å². The summed E-state index contributed by atoms with van der Waals surface area (Å²) in [7, 11) is 1.65. The highest BCUT2D eigenvalue weighted by atomic mass is 32.2. The molecule has 2 rings (SSSR count). The van der Waals surface area contributed by atoms with Gasteiger partial charge in [-0.15, -0.1) is 0 Å². The Morgan fingerprint density at radius 1 is 1.53 bits per heavy atom. The molecule has 0 radical (unpaired) electrons. The minimum absolute atomic E-state index is 0.141. The lowest BCUT2D eigenvalue weighted by Crippen LogP contribution is -2.00. The van der Waals surface area contributed by atoms with Gasteiger partial charge in [0.2, 0.25) is 5.95 Å². The van der Waals surface area contributed by atoms with Gasteiger partial charge < -0.3 is 5.32 Å². The van der Waals surface area contributed by atoms with Gasteiger partial charge in [-0.2, -0.15) is 9.36 Å². The SMILES string of the molecule is CCc1nsc(Sc2nc(NC)ncc2[N+](=O)[O-])n1. The van der Waals surface area contributed by atoms with Crippen LogP contribution in [-0.4, -0.2) is 31.3 Å². The predicted molar refractivity (Wildman–Crippen MR) is 71.6 cm³/mol. The molecule has 19 heavy (non-hydrogen) atoms. The lowest BCUT2D eigenvalue weighted by molar-refractivity contribution is -0.388. The van der Waals surface area contributed by atoms with Crippen molar-refractivity contribution in [1.82, 2.24) is 19.3 Å². The molecule has 0 aliphatic rings. The number of aromatic nitrogens is 4. The van der Waals surface area contributed by atoms with Gasteiger partial charge in [0, 0.05) is 13.5 Å². The van der Waals surface area contributed by atoms with Crippen molar-refractivity contribution in [2.45, 2.75) is 22.7 Å². The third kappa shape index (κ3) is 3.15. The van der Waals surface area contributed by atoms with E-state index in [1.165, 1.54) is 17.7 Å². The molecule has 2 aromatic heterocycles. The number of nitrogens with zero attached hydrogens (tertiary/aromatic N) is 5. The fraction of sp³-hybridized carbons (Fsp3) is 0.333. The molecule has 0 bridgehead atoms. The Labute approximate surface area is 117 Å². The Morgan fingerprint density at radius 3 is 2.89 bits per heavy atom. The summed E-state index contributed by atoms with van der Waals surface area (Å²) >= 11 is 2.32. The average Bonchev–Trinajstić information content (AvgIpc) is 2.86. The topological polar surface area (TPSA) is 107 Å². The highest BCUT2D eigenvalue weighted by Crippen LogP contribution is 2.34. The molecule has 0 atom stereocenters. The fourth-order valence-corrected chi connectivity index (χ4v) is 2.86. The zero-order valence-electron chi connectivity index (χ0n) is 10.2. The van der Waals surface area contributed by atoms with Crippen molar-refractivity contribution in [1.29, 1.82) is 0 Å². The molecule has 0 aliphatic heterocycles. The maximum atomic E-state index is 10.9.